The molecule has 1 heterocycles. The minimum Gasteiger partial charge on any atom is -0.461 e. The van der Waals surface area contributed by atoms with Crippen molar-refractivity contribution in [1.29, 1.82) is 0 Å². The summed E-state index contributed by atoms with van der Waals surface area (Å²) in [4.78, 5) is 12.4. The summed E-state index contributed by atoms with van der Waals surface area (Å²) in [7, 11) is 0. The third-order valence-electron chi connectivity index (χ3n) is 6.40. The molecular weight excluding hydrogens is 409 g/mol. The van der Waals surface area contributed by atoms with Crippen molar-refractivity contribution < 1.29 is 40.3 Å². The minimum atomic E-state index is -5.13. The first kappa shape index (κ1) is 20.5. The lowest BCUT2D eigenvalue weighted by Gasteiger charge is -2.66. The number of hydrogen-bond donors (Lipinski definition) is 0. The Morgan fingerprint density at radius 2 is 1.79 bits per heavy atom. The van der Waals surface area contributed by atoms with E-state index in [4.69, 9.17) is 4.74 Å². The number of nitrogens with zero attached hydrogens (tertiary/aromatic N) is 2. The summed E-state index contributed by atoms with van der Waals surface area (Å²) < 4.78 is 102. The van der Waals surface area contributed by atoms with Crippen molar-refractivity contribution >= 4 is 5.97 Å². The molecule has 4 saturated carbocycles. The molecule has 1 aromatic rings. The molecule has 0 spiro atoms. The van der Waals surface area contributed by atoms with E-state index in [1.54, 1.807) is 0 Å². The number of esters is 1. The monoisotopic (exact) mass is 428 g/mol. The third-order valence-corrected chi connectivity index (χ3v) is 6.40. The van der Waals surface area contributed by atoms with Gasteiger partial charge in [-0.25, -0.2) is 22.4 Å². The molecule has 0 aromatic carbocycles. The van der Waals surface area contributed by atoms with E-state index in [9.17, 15) is 35.5 Å². The zero-order valence-corrected chi connectivity index (χ0v) is 15.7. The Morgan fingerprint density at radius 1 is 1.21 bits per heavy atom. The number of carbonyl (C=O) groups excluding carboxylic acids is 1. The fourth-order valence-corrected chi connectivity index (χ4v) is 5.05. The van der Waals surface area contributed by atoms with Crippen LogP contribution in [0.15, 0.2) is 0 Å². The number of hydrogen-bond acceptors (Lipinski definition) is 3. The topological polar surface area (TPSA) is 44.1 Å². The Balaban J connectivity index is 1.83. The van der Waals surface area contributed by atoms with Crippen LogP contribution in [0.25, 0.3) is 0 Å². The predicted octanol–water partition coefficient (Wildman–Crippen LogP) is 4.81. The second-order valence-corrected chi connectivity index (χ2v) is 8.78. The Kier molecular flexibility index (Phi) is 3.99. The van der Waals surface area contributed by atoms with Crippen LogP contribution in [-0.2, 0) is 22.9 Å². The molecule has 0 atom stereocenters. The summed E-state index contributed by atoms with van der Waals surface area (Å²) in [6, 6.07) is 0. The Morgan fingerprint density at radius 3 is 2.17 bits per heavy atom. The van der Waals surface area contributed by atoms with Gasteiger partial charge in [-0.05, 0) is 25.2 Å². The molecule has 11 heteroatoms. The molecule has 0 radical (unpaired) electrons. The number of halogens is 7. The van der Waals surface area contributed by atoms with Gasteiger partial charge in [0, 0.05) is 25.3 Å². The molecule has 4 aliphatic carbocycles. The smallest absolute Gasteiger partial charge is 0.420 e. The fraction of sp³-hybridized carbons (Fsp3) is 0.778. The summed E-state index contributed by atoms with van der Waals surface area (Å²) in [5, 5.41) is 3.79. The highest BCUT2D eigenvalue weighted by molar-refractivity contribution is 5.90. The average Bonchev–Trinajstić information content (AvgIpc) is 2.82. The molecule has 4 nitrogen and oxygen atoms in total. The van der Waals surface area contributed by atoms with E-state index in [1.807, 2.05) is 0 Å². The Labute approximate surface area is 161 Å². The predicted molar refractivity (Wildman–Crippen MR) is 84.8 cm³/mol. The standard InChI is InChI=1S/C18H19F7N2O2/c1-3-29-13(28)11-10(18(23,24)25)12(15-4-9(5-15)17(15,21)22)26-27(11)8-14(2)6-16(19,20)7-14/h9H,3-8H2,1-2H3. The average molecular weight is 428 g/mol. The molecule has 0 saturated heterocycles. The maximum Gasteiger partial charge on any atom is 0.420 e. The molecule has 4 fully saturated rings. The summed E-state index contributed by atoms with van der Waals surface area (Å²) in [5.74, 6) is -8.65. The van der Waals surface area contributed by atoms with Crippen LogP contribution in [0, 0.1) is 11.3 Å². The highest BCUT2D eigenvalue weighted by Gasteiger charge is 2.81. The third kappa shape index (κ3) is 2.71. The van der Waals surface area contributed by atoms with E-state index in [2.05, 4.69) is 5.10 Å². The second kappa shape index (κ2) is 5.66. The first-order valence-electron chi connectivity index (χ1n) is 9.27. The van der Waals surface area contributed by atoms with Crippen LogP contribution in [0.2, 0.25) is 0 Å². The van der Waals surface area contributed by atoms with Crippen LogP contribution in [0.3, 0.4) is 0 Å². The van der Waals surface area contributed by atoms with Crippen LogP contribution < -0.4 is 0 Å². The van der Waals surface area contributed by atoms with Gasteiger partial charge in [0.2, 0.25) is 5.92 Å². The number of rotatable bonds is 5. The van der Waals surface area contributed by atoms with Crippen molar-refractivity contribution in [2.24, 2.45) is 11.3 Å². The second-order valence-electron chi connectivity index (χ2n) is 8.78. The van der Waals surface area contributed by atoms with Crippen molar-refractivity contribution in [3.8, 4) is 0 Å². The molecule has 4 aliphatic rings. The van der Waals surface area contributed by atoms with Crippen LogP contribution >= 0.6 is 0 Å². The lowest BCUT2D eigenvalue weighted by Crippen LogP contribution is -2.74. The van der Waals surface area contributed by atoms with E-state index in [0.717, 1.165) is 0 Å². The molecule has 0 amide bonds. The zero-order valence-electron chi connectivity index (χ0n) is 15.7. The van der Waals surface area contributed by atoms with Crippen LogP contribution in [0.5, 0.6) is 0 Å². The molecule has 29 heavy (non-hydrogen) atoms. The number of carbonyl (C=O) groups is 1. The highest BCUT2D eigenvalue weighted by atomic mass is 19.4. The van der Waals surface area contributed by atoms with Gasteiger partial charge in [-0.3, -0.25) is 4.68 Å². The Hall–Kier alpha value is -1.81. The lowest BCUT2D eigenvalue weighted by molar-refractivity contribution is -0.305. The Bertz CT molecular complexity index is 860. The van der Waals surface area contributed by atoms with E-state index in [1.165, 1.54) is 13.8 Å². The van der Waals surface area contributed by atoms with Gasteiger partial charge in [-0.15, -0.1) is 0 Å². The van der Waals surface area contributed by atoms with Crippen molar-refractivity contribution in [2.45, 2.75) is 69.5 Å². The van der Waals surface area contributed by atoms with E-state index in [-0.39, 0.29) is 19.4 Å². The van der Waals surface area contributed by atoms with Crippen molar-refractivity contribution in [2.75, 3.05) is 6.61 Å². The minimum absolute atomic E-state index is 0.155. The molecule has 0 N–H and O–H groups in total. The maximum absolute atomic E-state index is 14.3. The van der Waals surface area contributed by atoms with Crippen molar-refractivity contribution in [3.05, 3.63) is 17.0 Å². The normalized spacial score (nSPS) is 30.7. The van der Waals surface area contributed by atoms with Gasteiger partial charge < -0.3 is 4.74 Å². The van der Waals surface area contributed by atoms with Gasteiger partial charge in [-0.1, -0.05) is 6.92 Å². The number of ether oxygens (including phenoxy) is 1. The zero-order chi connectivity index (χ0) is 21.6. The quantitative estimate of drug-likeness (QED) is 0.500. The summed E-state index contributed by atoms with van der Waals surface area (Å²) in [6.07, 6.45) is -6.63. The first-order valence-corrected chi connectivity index (χ1v) is 9.27. The lowest BCUT2D eigenvalue weighted by atomic mass is 9.40. The molecular formula is C18H19F7N2O2. The molecule has 0 aliphatic heterocycles. The van der Waals surface area contributed by atoms with E-state index in [0.29, 0.717) is 4.68 Å². The summed E-state index contributed by atoms with van der Waals surface area (Å²) >= 11 is 0. The summed E-state index contributed by atoms with van der Waals surface area (Å²) in [5.41, 5.74) is -6.59. The SMILES string of the molecule is CCOC(=O)c1c(C(F)(F)F)c(C23CC(C2)C3(F)F)nn1CC1(C)CC(F)(F)C1. The molecule has 162 valence electrons. The van der Waals surface area contributed by atoms with Gasteiger partial charge >= 0.3 is 12.1 Å². The molecule has 0 unspecified atom stereocenters. The van der Waals surface area contributed by atoms with Gasteiger partial charge in [0.25, 0.3) is 5.92 Å². The number of aromatic nitrogens is 2. The largest absolute Gasteiger partial charge is 0.461 e. The van der Waals surface area contributed by atoms with Gasteiger partial charge in [0.05, 0.1) is 17.7 Å². The number of alkyl halides is 7. The maximum atomic E-state index is 14.3. The molecule has 1 aromatic heterocycles. The fourth-order valence-electron chi connectivity index (χ4n) is 5.05. The molecule has 2 bridgehead atoms. The van der Waals surface area contributed by atoms with Crippen LogP contribution in [0.1, 0.15) is 61.3 Å². The first-order chi connectivity index (χ1) is 13.2. The highest BCUT2D eigenvalue weighted by Crippen LogP contribution is 2.74. The summed E-state index contributed by atoms with van der Waals surface area (Å²) in [6.45, 7) is 2.15. The van der Waals surface area contributed by atoms with E-state index < -0.39 is 77.1 Å². The van der Waals surface area contributed by atoms with Gasteiger partial charge in [-0.2, -0.15) is 18.3 Å². The van der Waals surface area contributed by atoms with Crippen LogP contribution in [0.4, 0.5) is 30.7 Å². The van der Waals surface area contributed by atoms with Crippen molar-refractivity contribution in [3.63, 3.8) is 0 Å². The van der Waals surface area contributed by atoms with Crippen LogP contribution in [-0.4, -0.2) is 34.2 Å². The molecule has 5 rings (SSSR count). The van der Waals surface area contributed by atoms with Gasteiger partial charge in [0.15, 0.2) is 5.69 Å². The van der Waals surface area contributed by atoms with Crippen molar-refractivity contribution in [1.82, 2.24) is 9.78 Å². The van der Waals surface area contributed by atoms with Gasteiger partial charge in [0.1, 0.15) is 5.56 Å². The van der Waals surface area contributed by atoms with E-state index >= 15 is 0 Å².